The molecular formula is C12H15BrClN3S. The zero-order valence-corrected chi connectivity index (χ0v) is 13.4. The van der Waals surface area contributed by atoms with Gasteiger partial charge in [0.2, 0.25) is 0 Å². The van der Waals surface area contributed by atoms with Gasteiger partial charge in [-0.2, -0.15) is 5.10 Å². The van der Waals surface area contributed by atoms with E-state index in [2.05, 4.69) is 44.7 Å². The lowest BCUT2D eigenvalue weighted by Gasteiger charge is -2.17. The molecule has 0 saturated heterocycles. The lowest BCUT2D eigenvalue weighted by atomic mass is 10.1. The van der Waals surface area contributed by atoms with Crippen LogP contribution in [0.4, 0.5) is 0 Å². The lowest BCUT2D eigenvalue weighted by molar-refractivity contribution is 0.538. The van der Waals surface area contributed by atoms with E-state index in [0.29, 0.717) is 5.02 Å². The summed E-state index contributed by atoms with van der Waals surface area (Å²) >= 11 is 11.5. The highest BCUT2D eigenvalue weighted by Crippen LogP contribution is 2.33. The van der Waals surface area contributed by atoms with Crippen molar-refractivity contribution < 1.29 is 0 Å². The molecule has 0 saturated carbocycles. The lowest BCUT2D eigenvalue weighted by Crippen LogP contribution is -2.21. The van der Waals surface area contributed by atoms with Gasteiger partial charge in [-0.15, -0.1) is 11.3 Å². The Kier molecular flexibility index (Phi) is 4.84. The van der Waals surface area contributed by atoms with E-state index in [9.17, 15) is 0 Å². The monoisotopic (exact) mass is 347 g/mol. The molecule has 2 heterocycles. The highest BCUT2D eigenvalue weighted by Gasteiger charge is 2.21. The molecule has 2 aromatic rings. The number of nitrogens with zero attached hydrogens (tertiary/aromatic N) is 2. The van der Waals surface area contributed by atoms with Crippen LogP contribution in [0, 0.1) is 0 Å². The third-order valence-electron chi connectivity index (χ3n) is 2.70. The molecule has 0 spiro atoms. The summed E-state index contributed by atoms with van der Waals surface area (Å²) in [5, 5.41) is 10.5. The minimum atomic E-state index is 0.0860. The highest BCUT2D eigenvalue weighted by molar-refractivity contribution is 9.10. The number of hydrogen-bond acceptors (Lipinski definition) is 3. The van der Waals surface area contributed by atoms with Crippen molar-refractivity contribution >= 4 is 38.9 Å². The molecule has 2 aromatic heterocycles. The first kappa shape index (κ1) is 14.1. The smallest absolute Gasteiger partial charge is 0.0855 e. The summed E-state index contributed by atoms with van der Waals surface area (Å²) in [7, 11) is 1.94. The first-order chi connectivity index (χ1) is 8.67. The molecule has 1 N–H and O–H groups in total. The van der Waals surface area contributed by atoms with Crippen LogP contribution in [0.25, 0.3) is 0 Å². The molecule has 0 aliphatic rings. The van der Waals surface area contributed by atoms with E-state index in [4.69, 9.17) is 11.6 Å². The minimum absolute atomic E-state index is 0.0860. The SMILES string of the molecule is CCCn1ncc(Cl)c1C(NC)c1cc(Br)cs1. The largest absolute Gasteiger partial charge is 0.307 e. The summed E-state index contributed by atoms with van der Waals surface area (Å²) in [6.45, 7) is 3.02. The quantitative estimate of drug-likeness (QED) is 0.882. The number of nitrogens with one attached hydrogen (secondary N) is 1. The van der Waals surface area contributed by atoms with Gasteiger partial charge in [-0.25, -0.2) is 0 Å². The van der Waals surface area contributed by atoms with Crippen LogP contribution in [0.2, 0.25) is 5.02 Å². The van der Waals surface area contributed by atoms with E-state index in [1.165, 1.54) is 4.88 Å². The molecule has 0 aromatic carbocycles. The van der Waals surface area contributed by atoms with Crippen LogP contribution in [0.15, 0.2) is 22.1 Å². The summed E-state index contributed by atoms with van der Waals surface area (Å²) in [6.07, 6.45) is 2.76. The maximum Gasteiger partial charge on any atom is 0.0855 e. The van der Waals surface area contributed by atoms with Gasteiger partial charge in [0.05, 0.1) is 23.0 Å². The Bertz CT molecular complexity index is 523. The second-order valence-corrected chi connectivity index (χ2v) is 6.26. The molecular weight excluding hydrogens is 334 g/mol. The second-order valence-electron chi connectivity index (χ2n) is 3.99. The van der Waals surface area contributed by atoms with Crippen molar-refractivity contribution in [2.75, 3.05) is 7.05 Å². The second kappa shape index (κ2) is 6.19. The topological polar surface area (TPSA) is 29.9 Å². The Hall–Kier alpha value is -0.360. The molecule has 3 nitrogen and oxygen atoms in total. The van der Waals surface area contributed by atoms with Crippen LogP contribution < -0.4 is 5.32 Å². The average Bonchev–Trinajstić information content (AvgIpc) is 2.91. The summed E-state index contributed by atoms with van der Waals surface area (Å²) in [6, 6.07) is 2.20. The van der Waals surface area contributed by atoms with Crippen molar-refractivity contribution in [3.63, 3.8) is 0 Å². The fourth-order valence-electron chi connectivity index (χ4n) is 1.94. The zero-order valence-electron chi connectivity index (χ0n) is 10.3. The van der Waals surface area contributed by atoms with Gasteiger partial charge < -0.3 is 5.32 Å². The van der Waals surface area contributed by atoms with Crippen LogP contribution in [0.3, 0.4) is 0 Å². The molecule has 0 aliphatic heterocycles. The molecule has 98 valence electrons. The van der Waals surface area contributed by atoms with Crippen LogP contribution in [0.1, 0.15) is 30.0 Å². The van der Waals surface area contributed by atoms with Crippen LogP contribution in [-0.4, -0.2) is 16.8 Å². The van der Waals surface area contributed by atoms with Crippen molar-refractivity contribution in [3.05, 3.63) is 37.7 Å². The van der Waals surface area contributed by atoms with Gasteiger partial charge in [-0.1, -0.05) is 18.5 Å². The van der Waals surface area contributed by atoms with Crippen molar-refractivity contribution in [2.45, 2.75) is 25.9 Å². The van der Waals surface area contributed by atoms with E-state index in [1.54, 1.807) is 17.5 Å². The molecule has 0 bridgehead atoms. The zero-order chi connectivity index (χ0) is 13.1. The Balaban J connectivity index is 2.41. The third kappa shape index (κ3) is 2.79. The molecule has 1 atom stereocenters. The maximum absolute atomic E-state index is 6.28. The Morgan fingerprint density at radius 2 is 2.39 bits per heavy atom. The summed E-state index contributed by atoms with van der Waals surface area (Å²) < 4.78 is 3.08. The van der Waals surface area contributed by atoms with Gasteiger partial charge in [0.25, 0.3) is 0 Å². The van der Waals surface area contributed by atoms with Gasteiger partial charge in [0.15, 0.2) is 0 Å². The van der Waals surface area contributed by atoms with E-state index in [-0.39, 0.29) is 6.04 Å². The van der Waals surface area contributed by atoms with E-state index in [1.807, 2.05) is 11.7 Å². The molecule has 0 radical (unpaired) electrons. The fourth-order valence-corrected chi connectivity index (χ4v) is 3.75. The number of hydrogen-bond donors (Lipinski definition) is 1. The molecule has 0 aliphatic carbocycles. The standard InChI is InChI=1S/C12H15BrClN3S/c1-3-4-17-12(9(14)6-16-17)11(15-2)10-5-8(13)7-18-10/h5-7,11,15H,3-4H2,1-2H3. The Morgan fingerprint density at radius 3 is 2.94 bits per heavy atom. The van der Waals surface area contributed by atoms with Crippen molar-refractivity contribution in [1.82, 2.24) is 15.1 Å². The van der Waals surface area contributed by atoms with Crippen molar-refractivity contribution in [3.8, 4) is 0 Å². The highest BCUT2D eigenvalue weighted by atomic mass is 79.9. The molecule has 6 heteroatoms. The summed E-state index contributed by atoms with van der Waals surface area (Å²) in [4.78, 5) is 1.23. The summed E-state index contributed by atoms with van der Waals surface area (Å²) in [5.41, 5.74) is 1.04. The predicted molar refractivity (Wildman–Crippen MR) is 80.4 cm³/mol. The fraction of sp³-hybridized carbons (Fsp3) is 0.417. The number of aryl methyl sites for hydroxylation is 1. The molecule has 0 fully saturated rings. The van der Waals surface area contributed by atoms with Crippen LogP contribution >= 0.6 is 38.9 Å². The molecule has 0 amide bonds. The average molecular weight is 349 g/mol. The number of thiophene rings is 1. The van der Waals surface area contributed by atoms with Gasteiger partial charge in [-0.05, 0) is 35.5 Å². The Morgan fingerprint density at radius 1 is 1.61 bits per heavy atom. The predicted octanol–water partition coefficient (Wildman–Crippen LogP) is 4.08. The number of aromatic nitrogens is 2. The minimum Gasteiger partial charge on any atom is -0.307 e. The van der Waals surface area contributed by atoms with Gasteiger partial charge in [-0.3, -0.25) is 4.68 Å². The normalized spacial score (nSPS) is 12.9. The summed E-state index contributed by atoms with van der Waals surface area (Å²) in [5.74, 6) is 0. The molecule has 1 unspecified atom stereocenters. The van der Waals surface area contributed by atoms with Gasteiger partial charge in [0.1, 0.15) is 0 Å². The van der Waals surface area contributed by atoms with E-state index >= 15 is 0 Å². The molecule has 18 heavy (non-hydrogen) atoms. The van der Waals surface area contributed by atoms with Crippen molar-refractivity contribution in [2.24, 2.45) is 0 Å². The van der Waals surface area contributed by atoms with Gasteiger partial charge in [0, 0.05) is 21.3 Å². The van der Waals surface area contributed by atoms with E-state index in [0.717, 1.165) is 23.1 Å². The van der Waals surface area contributed by atoms with Crippen LogP contribution in [-0.2, 0) is 6.54 Å². The first-order valence-electron chi connectivity index (χ1n) is 5.79. The third-order valence-corrected chi connectivity index (χ3v) is 4.75. The Labute approximate surface area is 124 Å². The molecule has 2 rings (SSSR count). The first-order valence-corrected chi connectivity index (χ1v) is 7.84. The number of halogens is 2. The van der Waals surface area contributed by atoms with Crippen LogP contribution in [0.5, 0.6) is 0 Å². The number of rotatable bonds is 5. The maximum atomic E-state index is 6.28. The van der Waals surface area contributed by atoms with Gasteiger partial charge >= 0.3 is 0 Å². The van der Waals surface area contributed by atoms with E-state index < -0.39 is 0 Å². The van der Waals surface area contributed by atoms with Crippen molar-refractivity contribution in [1.29, 1.82) is 0 Å².